The van der Waals surface area contributed by atoms with E-state index in [0.29, 0.717) is 16.7 Å². The molecule has 0 N–H and O–H groups in total. The maximum absolute atomic E-state index is 12.1. The molecule has 5 heteroatoms. The average Bonchev–Trinajstić information content (AvgIpc) is 2.38. The van der Waals surface area contributed by atoms with E-state index in [1.165, 1.54) is 24.3 Å². The van der Waals surface area contributed by atoms with E-state index in [2.05, 4.69) is 10.8 Å². The molecule has 0 spiro atoms. The second-order valence-corrected chi connectivity index (χ2v) is 4.18. The molecule has 0 aliphatic heterocycles. The van der Waals surface area contributed by atoms with Crippen LogP contribution in [0.5, 0.6) is 5.75 Å². The number of alkyl halides is 3. The standard InChI is InChI=1S/C15H10F3NO/c1-10-3-2-4-12(9-19)14(10)11-5-7-13(8-6-11)20-15(16,17)18/h2-8H,1H3. The average molecular weight is 277 g/mol. The number of nitriles is 1. The predicted molar refractivity (Wildman–Crippen MR) is 68.0 cm³/mol. The van der Waals surface area contributed by atoms with Crippen molar-refractivity contribution in [2.24, 2.45) is 0 Å². The van der Waals surface area contributed by atoms with Crippen LogP contribution in [0.25, 0.3) is 11.1 Å². The number of benzene rings is 2. The van der Waals surface area contributed by atoms with Crippen molar-refractivity contribution < 1.29 is 17.9 Å². The maximum atomic E-state index is 12.1. The van der Waals surface area contributed by atoms with Gasteiger partial charge < -0.3 is 4.74 Å². The maximum Gasteiger partial charge on any atom is 0.573 e. The minimum absolute atomic E-state index is 0.284. The van der Waals surface area contributed by atoms with Crippen molar-refractivity contribution in [3.05, 3.63) is 53.6 Å². The lowest BCUT2D eigenvalue weighted by Gasteiger charge is -2.11. The highest BCUT2D eigenvalue weighted by Gasteiger charge is 2.30. The number of halogens is 3. The van der Waals surface area contributed by atoms with Gasteiger partial charge in [0.2, 0.25) is 0 Å². The van der Waals surface area contributed by atoms with E-state index in [9.17, 15) is 13.2 Å². The third-order valence-electron chi connectivity index (χ3n) is 2.77. The van der Waals surface area contributed by atoms with Gasteiger partial charge in [-0.15, -0.1) is 13.2 Å². The molecular weight excluding hydrogens is 267 g/mol. The van der Waals surface area contributed by atoms with Crippen molar-refractivity contribution in [1.29, 1.82) is 5.26 Å². The zero-order chi connectivity index (χ0) is 14.8. The molecule has 20 heavy (non-hydrogen) atoms. The van der Waals surface area contributed by atoms with E-state index in [4.69, 9.17) is 5.26 Å². The monoisotopic (exact) mass is 277 g/mol. The summed E-state index contributed by atoms with van der Waals surface area (Å²) in [6, 6.07) is 12.8. The number of aryl methyl sites for hydroxylation is 1. The lowest BCUT2D eigenvalue weighted by atomic mass is 9.96. The molecule has 2 aromatic rings. The van der Waals surface area contributed by atoms with Crippen molar-refractivity contribution in [3.63, 3.8) is 0 Å². The van der Waals surface area contributed by atoms with Gasteiger partial charge in [0, 0.05) is 5.56 Å². The van der Waals surface area contributed by atoms with Gasteiger partial charge >= 0.3 is 6.36 Å². The van der Waals surface area contributed by atoms with E-state index in [-0.39, 0.29) is 5.75 Å². The second kappa shape index (κ2) is 5.25. The lowest BCUT2D eigenvalue weighted by molar-refractivity contribution is -0.274. The Kier molecular flexibility index (Phi) is 3.66. The number of rotatable bonds is 2. The van der Waals surface area contributed by atoms with Crippen LogP contribution in [0.2, 0.25) is 0 Å². The number of ether oxygens (including phenoxy) is 1. The van der Waals surface area contributed by atoms with Gasteiger partial charge in [-0.2, -0.15) is 5.26 Å². The van der Waals surface area contributed by atoms with Crippen LogP contribution in [0.1, 0.15) is 11.1 Å². The first-order valence-corrected chi connectivity index (χ1v) is 5.76. The molecule has 0 atom stereocenters. The van der Waals surface area contributed by atoms with Crippen LogP contribution < -0.4 is 4.74 Å². The fourth-order valence-corrected chi connectivity index (χ4v) is 1.97. The van der Waals surface area contributed by atoms with Crippen LogP contribution in [0.4, 0.5) is 13.2 Å². The van der Waals surface area contributed by atoms with E-state index < -0.39 is 6.36 Å². The smallest absolute Gasteiger partial charge is 0.406 e. The number of hydrogen-bond acceptors (Lipinski definition) is 2. The molecule has 0 aliphatic carbocycles. The highest BCUT2D eigenvalue weighted by Crippen LogP contribution is 2.30. The van der Waals surface area contributed by atoms with Crippen LogP contribution in [0.15, 0.2) is 42.5 Å². The van der Waals surface area contributed by atoms with E-state index in [0.717, 1.165) is 5.56 Å². The lowest BCUT2D eigenvalue weighted by Crippen LogP contribution is -2.16. The first-order valence-electron chi connectivity index (χ1n) is 5.76. The first kappa shape index (κ1) is 13.9. The second-order valence-electron chi connectivity index (χ2n) is 4.18. The quantitative estimate of drug-likeness (QED) is 0.813. The number of nitrogens with zero attached hydrogens (tertiary/aromatic N) is 1. The van der Waals surface area contributed by atoms with Crippen LogP contribution in [-0.2, 0) is 0 Å². The molecule has 2 aromatic carbocycles. The summed E-state index contributed by atoms with van der Waals surface area (Å²) < 4.78 is 40.1. The van der Waals surface area contributed by atoms with Crippen molar-refractivity contribution >= 4 is 0 Å². The van der Waals surface area contributed by atoms with Crippen molar-refractivity contribution in [2.75, 3.05) is 0 Å². The topological polar surface area (TPSA) is 33.0 Å². The summed E-state index contributed by atoms with van der Waals surface area (Å²) in [4.78, 5) is 0. The molecule has 2 rings (SSSR count). The third kappa shape index (κ3) is 3.09. The molecule has 0 aromatic heterocycles. The van der Waals surface area contributed by atoms with E-state index in [1.807, 2.05) is 13.0 Å². The van der Waals surface area contributed by atoms with E-state index >= 15 is 0 Å². The summed E-state index contributed by atoms with van der Waals surface area (Å²) in [5.74, 6) is -0.284. The Hall–Kier alpha value is -2.48. The fourth-order valence-electron chi connectivity index (χ4n) is 1.97. The van der Waals surface area contributed by atoms with Gasteiger partial charge in [0.1, 0.15) is 5.75 Å². The summed E-state index contributed by atoms with van der Waals surface area (Å²) in [5, 5.41) is 9.09. The summed E-state index contributed by atoms with van der Waals surface area (Å²) in [5.41, 5.74) is 2.76. The zero-order valence-corrected chi connectivity index (χ0v) is 10.5. The van der Waals surface area contributed by atoms with Gasteiger partial charge in [-0.25, -0.2) is 0 Å². The molecule has 0 heterocycles. The van der Waals surface area contributed by atoms with Crippen molar-refractivity contribution in [3.8, 4) is 22.9 Å². The highest BCUT2D eigenvalue weighted by molar-refractivity contribution is 5.74. The largest absolute Gasteiger partial charge is 0.573 e. The molecule has 2 nitrogen and oxygen atoms in total. The molecule has 0 saturated heterocycles. The zero-order valence-electron chi connectivity index (χ0n) is 10.5. The fraction of sp³-hybridized carbons (Fsp3) is 0.133. The predicted octanol–water partition coefficient (Wildman–Crippen LogP) is 4.43. The summed E-state index contributed by atoms with van der Waals surface area (Å²) in [6.07, 6.45) is -4.71. The van der Waals surface area contributed by atoms with Crippen molar-refractivity contribution in [2.45, 2.75) is 13.3 Å². The Morgan fingerprint density at radius 2 is 1.70 bits per heavy atom. The number of hydrogen-bond donors (Lipinski definition) is 0. The van der Waals surface area contributed by atoms with Crippen LogP contribution in [-0.4, -0.2) is 6.36 Å². The molecule has 102 valence electrons. The Morgan fingerprint density at radius 3 is 2.25 bits per heavy atom. The first-order chi connectivity index (χ1) is 9.40. The van der Waals surface area contributed by atoms with Crippen LogP contribution in [0, 0.1) is 18.3 Å². The van der Waals surface area contributed by atoms with E-state index in [1.54, 1.807) is 12.1 Å². The van der Waals surface area contributed by atoms with Crippen LogP contribution >= 0.6 is 0 Å². The summed E-state index contributed by atoms with van der Waals surface area (Å²) >= 11 is 0. The van der Waals surface area contributed by atoms with Gasteiger partial charge in [0.25, 0.3) is 0 Å². The Labute approximate surface area is 114 Å². The van der Waals surface area contributed by atoms with Gasteiger partial charge in [-0.05, 0) is 36.2 Å². The molecule has 0 fully saturated rings. The molecule has 0 amide bonds. The highest BCUT2D eigenvalue weighted by atomic mass is 19.4. The van der Waals surface area contributed by atoms with Gasteiger partial charge in [-0.1, -0.05) is 24.3 Å². The molecule has 0 radical (unpaired) electrons. The Bertz CT molecular complexity index is 654. The minimum atomic E-state index is -4.71. The molecule has 0 unspecified atom stereocenters. The Morgan fingerprint density at radius 1 is 1.05 bits per heavy atom. The SMILES string of the molecule is Cc1cccc(C#N)c1-c1ccc(OC(F)(F)F)cc1. The molecule has 0 aliphatic rings. The molecule has 0 saturated carbocycles. The van der Waals surface area contributed by atoms with Gasteiger partial charge in [0.05, 0.1) is 11.6 Å². The third-order valence-corrected chi connectivity index (χ3v) is 2.77. The minimum Gasteiger partial charge on any atom is -0.406 e. The van der Waals surface area contributed by atoms with Gasteiger partial charge in [0.15, 0.2) is 0 Å². The van der Waals surface area contributed by atoms with Crippen LogP contribution in [0.3, 0.4) is 0 Å². The Balaban J connectivity index is 2.39. The summed E-state index contributed by atoms with van der Waals surface area (Å²) in [6.45, 7) is 1.84. The normalized spacial score (nSPS) is 10.9. The summed E-state index contributed by atoms with van der Waals surface area (Å²) in [7, 11) is 0. The molecule has 0 bridgehead atoms. The molecular formula is C15H10F3NO. The van der Waals surface area contributed by atoms with Gasteiger partial charge in [-0.3, -0.25) is 0 Å². The van der Waals surface area contributed by atoms with Crippen molar-refractivity contribution in [1.82, 2.24) is 0 Å².